The summed E-state index contributed by atoms with van der Waals surface area (Å²) in [5.41, 5.74) is 1.80. The number of rotatable bonds is 8. The first-order chi connectivity index (χ1) is 14.0. The van der Waals surface area contributed by atoms with Gasteiger partial charge in [0, 0.05) is 36.9 Å². The van der Waals surface area contributed by atoms with E-state index in [2.05, 4.69) is 24.1 Å². The normalized spacial score (nSPS) is 15.1. The van der Waals surface area contributed by atoms with Gasteiger partial charge in [-0.15, -0.1) is 0 Å². The number of nitrogens with zero attached hydrogens (tertiary/aromatic N) is 2. The summed E-state index contributed by atoms with van der Waals surface area (Å²) in [6.07, 6.45) is 2.09. The highest BCUT2D eigenvalue weighted by atomic mass is 19.1. The second kappa shape index (κ2) is 9.74. The Hall–Kier alpha value is -2.60. The highest BCUT2D eigenvalue weighted by Crippen LogP contribution is 2.26. The van der Waals surface area contributed by atoms with Crippen molar-refractivity contribution in [3.05, 3.63) is 59.9 Å². The van der Waals surface area contributed by atoms with Gasteiger partial charge in [0.25, 0.3) is 0 Å². The Morgan fingerprint density at radius 3 is 2.69 bits per heavy atom. The summed E-state index contributed by atoms with van der Waals surface area (Å²) in [6.45, 7) is 6.24. The van der Waals surface area contributed by atoms with Crippen LogP contribution in [0, 0.1) is 5.82 Å². The van der Waals surface area contributed by atoms with Crippen molar-refractivity contribution in [2.75, 3.05) is 32.1 Å². The molecule has 1 atom stereocenters. The second-order valence-electron chi connectivity index (χ2n) is 7.61. The van der Waals surface area contributed by atoms with E-state index in [1.54, 1.807) is 4.90 Å². The van der Waals surface area contributed by atoms with Crippen LogP contribution in [0.3, 0.4) is 0 Å². The van der Waals surface area contributed by atoms with Crippen LogP contribution in [0.4, 0.5) is 14.9 Å². The Balaban J connectivity index is 1.48. The fourth-order valence-corrected chi connectivity index (χ4v) is 3.37. The smallest absolute Gasteiger partial charge is 0.321 e. The first kappa shape index (κ1) is 21.1. The first-order valence-corrected chi connectivity index (χ1v) is 10.2. The van der Waals surface area contributed by atoms with Gasteiger partial charge in [-0.2, -0.15) is 0 Å². The minimum Gasteiger partial charge on any atom is -0.494 e. The summed E-state index contributed by atoms with van der Waals surface area (Å²) >= 11 is 0. The van der Waals surface area contributed by atoms with Gasteiger partial charge in [0.15, 0.2) is 0 Å². The summed E-state index contributed by atoms with van der Waals surface area (Å²) in [5, 5.41) is 2.95. The summed E-state index contributed by atoms with van der Waals surface area (Å²) < 4.78 is 18.8. The lowest BCUT2D eigenvalue weighted by molar-refractivity contribution is 0.0559. The number of hydrogen-bond acceptors (Lipinski definition) is 3. The Morgan fingerprint density at radius 1 is 1.28 bits per heavy atom. The number of anilines is 1. The van der Waals surface area contributed by atoms with Gasteiger partial charge >= 0.3 is 6.03 Å². The maximum Gasteiger partial charge on any atom is 0.321 e. The monoisotopic (exact) mass is 399 g/mol. The largest absolute Gasteiger partial charge is 0.494 e. The Labute approximate surface area is 172 Å². The molecular formula is C23H30FN3O2. The van der Waals surface area contributed by atoms with E-state index in [-0.39, 0.29) is 23.9 Å². The van der Waals surface area contributed by atoms with Crippen LogP contribution in [0.5, 0.6) is 5.75 Å². The second-order valence-corrected chi connectivity index (χ2v) is 7.61. The van der Waals surface area contributed by atoms with Crippen molar-refractivity contribution < 1.29 is 13.9 Å². The molecule has 1 unspecified atom stereocenters. The zero-order valence-corrected chi connectivity index (χ0v) is 17.4. The number of carbonyl (C=O) groups excluding carboxylic acids is 1. The van der Waals surface area contributed by atoms with E-state index >= 15 is 0 Å². The lowest BCUT2D eigenvalue weighted by atomic mass is 10.0. The van der Waals surface area contributed by atoms with Crippen molar-refractivity contribution in [2.24, 2.45) is 0 Å². The Bertz CT molecular complexity index is 806. The van der Waals surface area contributed by atoms with Gasteiger partial charge in [0.1, 0.15) is 11.6 Å². The predicted molar refractivity (Wildman–Crippen MR) is 114 cm³/mol. The molecule has 1 saturated heterocycles. The van der Waals surface area contributed by atoms with Gasteiger partial charge in [-0.1, -0.05) is 31.5 Å². The molecule has 3 rings (SSSR count). The number of carbonyl (C=O) groups is 1. The maximum absolute atomic E-state index is 13.1. The standard InChI is InChI=1S/C23H30FN3O2/c1-4-5-13-29-22-8-6-7-20(14-22)25-23(28)27-15-21(16-27)26(3)17(2)18-9-11-19(24)12-10-18/h6-12,14,17,21H,4-5,13,15-16H2,1-3H3,(H,25,28). The summed E-state index contributed by atoms with van der Waals surface area (Å²) in [4.78, 5) is 16.6. The van der Waals surface area contributed by atoms with E-state index in [0.29, 0.717) is 19.7 Å². The number of likely N-dealkylation sites (N-methyl/N-ethyl adjacent to an activating group) is 1. The minimum absolute atomic E-state index is 0.102. The topological polar surface area (TPSA) is 44.8 Å². The zero-order chi connectivity index (χ0) is 20.8. The third-order valence-corrected chi connectivity index (χ3v) is 5.54. The minimum atomic E-state index is -0.227. The summed E-state index contributed by atoms with van der Waals surface area (Å²) in [6, 6.07) is 14.4. The van der Waals surface area contributed by atoms with Gasteiger partial charge in [0.2, 0.25) is 0 Å². The highest BCUT2D eigenvalue weighted by Gasteiger charge is 2.35. The van der Waals surface area contributed by atoms with Gasteiger partial charge in [-0.05, 0) is 50.2 Å². The molecule has 6 heteroatoms. The Kier molecular flexibility index (Phi) is 7.09. The molecule has 5 nitrogen and oxygen atoms in total. The van der Waals surface area contributed by atoms with Crippen molar-refractivity contribution in [1.82, 2.24) is 9.80 Å². The third-order valence-electron chi connectivity index (χ3n) is 5.54. The number of ether oxygens (including phenoxy) is 1. The molecule has 0 aromatic heterocycles. The average Bonchev–Trinajstić information content (AvgIpc) is 2.67. The molecule has 0 spiro atoms. The number of urea groups is 1. The quantitative estimate of drug-likeness (QED) is 0.641. The molecule has 2 aromatic carbocycles. The van der Waals surface area contributed by atoms with Crippen molar-refractivity contribution in [3.63, 3.8) is 0 Å². The molecule has 1 aliphatic rings. The highest BCUT2D eigenvalue weighted by molar-refractivity contribution is 5.90. The van der Waals surface area contributed by atoms with Crippen molar-refractivity contribution in [1.29, 1.82) is 0 Å². The van der Waals surface area contributed by atoms with E-state index in [1.165, 1.54) is 12.1 Å². The lowest BCUT2D eigenvalue weighted by Crippen LogP contribution is -2.61. The molecule has 0 bridgehead atoms. The molecule has 1 fully saturated rings. The van der Waals surface area contributed by atoms with E-state index in [1.807, 2.05) is 43.4 Å². The van der Waals surface area contributed by atoms with Crippen LogP contribution in [-0.2, 0) is 0 Å². The van der Waals surface area contributed by atoms with Crippen LogP contribution in [-0.4, -0.2) is 48.6 Å². The van der Waals surface area contributed by atoms with Crippen LogP contribution in [0.1, 0.15) is 38.3 Å². The van der Waals surface area contributed by atoms with Crippen molar-refractivity contribution >= 4 is 11.7 Å². The maximum atomic E-state index is 13.1. The van der Waals surface area contributed by atoms with Gasteiger partial charge in [0.05, 0.1) is 6.61 Å². The molecule has 1 heterocycles. The van der Waals surface area contributed by atoms with Crippen LogP contribution in [0.15, 0.2) is 48.5 Å². The number of likely N-dealkylation sites (tertiary alicyclic amines) is 1. The average molecular weight is 400 g/mol. The molecule has 1 aliphatic heterocycles. The zero-order valence-electron chi connectivity index (χ0n) is 17.4. The SMILES string of the molecule is CCCCOc1cccc(NC(=O)N2CC(N(C)C(C)c3ccc(F)cc3)C2)c1. The molecule has 0 radical (unpaired) electrons. The van der Waals surface area contributed by atoms with E-state index in [9.17, 15) is 9.18 Å². The Morgan fingerprint density at radius 2 is 2.00 bits per heavy atom. The van der Waals surface area contributed by atoms with Gasteiger partial charge in [-0.25, -0.2) is 9.18 Å². The number of benzene rings is 2. The molecule has 2 aromatic rings. The molecule has 0 aliphatic carbocycles. The van der Waals surface area contributed by atoms with Crippen molar-refractivity contribution in [3.8, 4) is 5.75 Å². The molecular weight excluding hydrogens is 369 g/mol. The number of hydrogen-bond donors (Lipinski definition) is 1. The molecule has 0 saturated carbocycles. The summed E-state index contributed by atoms with van der Waals surface area (Å²) in [5.74, 6) is 0.542. The molecule has 2 amide bonds. The number of nitrogens with one attached hydrogen (secondary N) is 1. The molecule has 29 heavy (non-hydrogen) atoms. The van der Waals surface area contributed by atoms with E-state index in [4.69, 9.17) is 4.74 Å². The fourth-order valence-electron chi connectivity index (χ4n) is 3.37. The molecule has 1 N–H and O–H groups in total. The summed E-state index contributed by atoms with van der Waals surface area (Å²) in [7, 11) is 2.05. The van der Waals surface area contributed by atoms with Crippen LogP contribution < -0.4 is 10.1 Å². The van der Waals surface area contributed by atoms with Crippen molar-refractivity contribution in [2.45, 2.75) is 38.8 Å². The lowest BCUT2D eigenvalue weighted by Gasteiger charge is -2.46. The van der Waals surface area contributed by atoms with Gasteiger partial charge < -0.3 is 15.0 Å². The molecule has 156 valence electrons. The number of unbranched alkanes of at least 4 members (excludes halogenated alkanes) is 1. The van der Waals surface area contributed by atoms with Crippen LogP contribution >= 0.6 is 0 Å². The predicted octanol–water partition coefficient (Wildman–Crippen LogP) is 4.91. The number of halogens is 1. The number of amides is 2. The van der Waals surface area contributed by atoms with Crippen LogP contribution in [0.2, 0.25) is 0 Å². The fraction of sp³-hybridized carbons (Fsp3) is 0.435. The third kappa shape index (κ3) is 5.48. The van der Waals surface area contributed by atoms with E-state index < -0.39 is 0 Å². The van der Waals surface area contributed by atoms with Crippen LogP contribution in [0.25, 0.3) is 0 Å². The van der Waals surface area contributed by atoms with E-state index in [0.717, 1.165) is 29.8 Å². The first-order valence-electron chi connectivity index (χ1n) is 10.2. The van der Waals surface area contributed by atoms with Gasteiger partial charge in [-0.3, -0.25) is 4.90 Å².